The van der Waals surface area contributed by atoms with Crippen molar-refractivity contribution in [2.24, 2.45) is 23.7 Å². The Bertz CT molecular complexity index is 325. The van der Waals surface area contributed by atoms with E-state index in [0.717, 1.165) is 44.9 Å². The summed E-state index contributed by atoms with van der Waals surface area (Å²) in [6.07, 6.45) is 8.61. The number of ketones is 1. The molecule has 2 heteroatoms. The lowest BCUT2D eigenvalue weighted by Gasteiger charge is -2.56. The smallest absolute Gasteiger partial charge is 0.142 e. The van der Waals surface area contributed by atoms with Crippen LogP contribution in [0.4, 0.5) is 0 Å². The standard InChI is InChI=1S/C15H24O2/c1-2-10-11-6-5-8-13(14(11)16)15(17)9-4-3-7-12(10)15/h10-13,17H,2-9H2,1H3. The molecule has 5 unspecified atom stereocenters. The van der Waals surface area contributed by atoms with Gasteiger partial charge in [-0.3, -0.25) is 4.79 Å². The lowest BCUT2D eigenvalue weighted by molar-refractivity contribution is -0.181. The van der Waals surface area contributed by atoms with Crippen molar-refractivity contribution in [2.75, 3.05) is 0 Å². The van der Waals surface area contributed by atoms with Crippen LogP contribution in [0.5, 0.6) is 0 Å². The fourth-order valence-electron chi connectivity index (χ4n) is 5.08. The summed E-state index contributed by atoms with van der Waals surface area (Å²) in [7, 11) is 0. The molecule has 2 nitrogen and oxygen atoms in total. The number of aliphatic hydroxyl groups is 1. The highest BCUT2D eigenvalue weighted by Gasteiger charge is 2.58. The zero-order valence-electron chi connectivity index (χ0n) is 10.8. The molecule has 1 N–H and O–H groups in total. The Morgan fingerprint density at radius 3 is 2.82 bits per heavy atom. The van der Waals surface area contributed by atoms with Crippen LogP contribution in [0.3, 0.4) is 0 Å². The van der Waals surface area contributed by atoms with Crippen molar-refractivity contribution in [1.29, 1.82) is 0 Å². The van der Waals surface area contributed by atoms with Gasteiger partial charge < -0.3 is 5.11 Å². The largest absolute Gasteiger partial charge is 0.389 e. The molecule has 0 amide bonds. The van der Waals surface area contributed by atoms with E-state index < -0.39 is 5.60 Å². The average Bonchev–Trinajstić information content (AvgIpc) is 2.32. The third kappa shape index (κ3) is 1.53. The van der Waals surface area contributed by atoms with Gasteiger partial charge >= 0.3 is 0 Å². The van der Waals surface area contributed by atoms with Gasteiger partial charge in [0, 0.05) is 11.8 Å². The van der Waals surface area contributed by atoms with Gasteiger partial charge in [-0.15, -0.1) is 0 Å². The molecule has 0 heterocycles. The van der Waals surface area contributed by atoms with Gasteiger partial charge in [-0.25, -0.2) is 0 Å². The molecule has 3 aliphatic carbocycles. The second kappa shape index (κ2) is 4.08. The highest BCUT2D eigenvalue weighted by atomic mass is 16.3. The molecule has 2 bridgehead atoms. The predicted molar refractivity (Wildman–Crippen MR) is 66.5 cm³/mol. The van der Waals surface area contributed by atoms with Crippen LogP contribution >= 0.6 is 0 Å². The summed E-state index contributed by atoms with van der Waals surface area (Å²) < 4.78 is 0. The minimum atomic E-state index is -0.632. The summed E-state index contributed by atoms with van der Waals surface area (Å²) in [5, 5.41) is 11.1. The van der Waals surface area contributed by atoms with E-state index in [1.165, 1.54) is 6.42 Å². The van der Waals surface area contributed by atoms with Gasteiger partial charge in [0.2, 0.25) is 0 Å². The van der Waals surface area contributed by atoms with Gasteiger partial charge in [0.1, 0.15) is 5.78 Å². The molecule has 0 saturated heterocycles. The maximum Gasteiger partial charge on any atom is 0.142 e. The molecule has 17 heavy (non-hydrogen) atoms. The van der Waals surface area contributed by atoms with E-state index >= 15 is 0 Å². The highest BCUT2D eigenvalue weighted by molar-refractivity contribution is 5.86. The predicted octanol–water partition coefficient (Wildman–Crippen LogP) is 2.93. The van der Waals surface area contributed by atoms with Crippen molar-refractivity contribution in [3.63, 3.8) is 0 Å². The fraction of sp³-hybridized carbons (Fsp3) is 0.933. The summed E-state index contributed by atoms with van der Waals surface area (Å²) in [5.74, 6) is 1.54. The van der Waals surface area contributed by atoms with E-state index in [4.69, 9.17) is 0 Å². The summed E-state index contributed by atoms with van der Waals surface area (Å²) in [6.45, 7) is 2.20. The number of hydrogen-bond acceptors (Lipinski definition) is 2. The van der Waals surface area contributed by atoms with E-state index in [9.17, 15) is 9.90 Å². The number of rotatable bonds is 1. The number of hydrogen-bond donors (Lipinski definition) is 1. The van der Waals surface area contributed by atoms with Crippen molar-refractivity contribution < 1.29 is 9.90 Å². The second-order valence-corrected chi connectivity index (χ2v) is 6.41. The molecule has 3 saturated carbocycles. The number of Topliss-reactive ketones (excluding diaryl/α,β-unsaturated/α-hetero) is 1. The molecule has 5 atom stereocenters. The van der Waals surface area contributed by atoms with Gasteiger partial charge in [-0.2, -0.15) is 0 Å². The molecular formula is C15H24O2. The Kier molecular flexibility index (Phi) is 2.81. The van der Waals surface area contributed by atoms with Crippen molar-refractivity contribution in [3.8, 4) is 0 Å². The van der Waals surface area contributed by atoms with Crippen molar-refractivity contribution in [3.05, 3.63) is 0 Å². The van der Waals surface area contributed by atoms with E-state index in [1.54, 1.807) is 0 Å². The lowest BCUT2D eigenvalue weighted by atomic mass is 9.50. The quantitative estimate of drug-likeness (QED) is 0.760. The molecule has 0 spiro atoms. The van der Waals surface area contributed by atoms with Crippen LogP contribution in [0.15, 0.2) is 0 Å². The number of carbonyl (C=O) groups excluding carboxylic acids is 1. The van der Waals surface area contributed by atoms with Crippen LogP contribution in [-0.2, 0) is 4.79 Å². The molecule has 0 aromatic rings. The van der Waals surface area contributed by atoms with Crippen LogP contribution in [0.25, 0.3) is 0 Å². The Labute approximate surface area is 104 Å². The first-order valence-corrected chi connectivity index (χ1v) is 7.44. The van der Waals surface area contributed by atoms with Crippen molar-refractivity contribution in [2.45, 2.75) is 63.9 Å². The normalized spacial score (nSPS) is 49.9. The van der Waals surface area contributed by atoms with Crippen LogP contribution in [-0.4, -0.2) is 16.5 Å². The van der Waals surface area contributed by atoms with E-state index in [2.05, 4.69) is 6.92 Å². The monoisotopic (exact) mass is 236 g/mol. The van der Waals surface area contributed by atoms with Crippen molar-refractivity contribution >= 4 is 5.78 Å². The van der Waals surface area contributed by atoms with E-state index in [1.807, 2.05) is 0 Å². The Morgan fingerprint density at radius 2 is 2.06 bits per heavy atom. The molecule has 3 rings (SSSR count). The lowest BCUT2D eigenvalue weighted by Crippen LogP contribution is -2.61. The van der Waals surface area contributed by atoms with Crippen LogP contribution in [0, 0.1) is 23.7 Å². The maximum absolute atomic E-state index is 12.5. The minimum absolute atomic E-state index is 0.0191. The Hall–Kier alpha value is -0.370. The molecule has 3 fully saturated rings. The van der Waals surface area contributed by atoms with E-state index in [0.29, 0.717) is 17.6 Å². The SMILES string of the molecule is CCC1C2CCCC(C2=O)C2(O)CCCCC12. The zero-order chi connectivity index (χ0) is 12.0. The van der Waals surface area contributed by atoms with E-state index in [-0.39, 0.29) is 11.8 Å². The molecule has 3 aliphatic rings. The first-order chi connectivity index (χ1) is 8.18. The molecule has 0 aromatic heterocycles. The molecule has 96 valence electrons. The highest BCUT2D eigenvalue weighted by Crippen LogP contribution is 2.55. The van der Waals surface area contributed by atoms with Gasteiger partial charge in [0.25, 0.3) is 0 Å². The molecule has 0 radical (unpaired) electrons. The molecule has 0 aromatic carbocycles. The van der Waals surface area contributed by atoms with Gasteiger partial charge in [0.15, 0.2) is 0 Å². The summed E-state index contributed by atoms with van der Waals surface area (Å²) >= 11 is 0. The molecule has 0 aliphatic heterocycles. The maximum atomic E-state index is 12.5. The number of fused-ring (bicyclic) bond motifs is 4. The third-order valence-electron chi connectivity index (χ3n) is 5.81. The average molecular weight is 236 g/mol. The summed E-state index contributed by atoms with van der Waals surface area (Å²) in [6, 6.07) is 0. The molecular weight excluding hydrogens is 212 g/mol. The van der Waals surface area contributed by atoms with Gasteiger partial charge in [0.05, 0.1) is 5.60 Å². The topological polar surface area (TPSA) is 37.3 Å². The van der Waals surface area contributed by atoms with Crippen LogP contribution in [0.2, 0.25) is 0 Å². The minimum Gasteiger partial charge on any atom is -0.389 e. The Morgan fingerprint density at radius 1 is 1.24 bits per heavy atom. The van der Waals surface area contributed by atoms with Crippen molar-refractivity contribution in [1.82, 2.24) is 0 Å². The first kappa shape index (κ1) is 11.7. The second-order valence-electron chi connectivity index (χ2n) is 6.41. The first-order valence-electron chi connectivity index (χ1n) is 7.44. The van der Waals surface area contributed by atoms with Crippen LogP contribution < -0.4 is 0 Å². The Balaban J connectivity index is 2.00. The van der Waals surface area contributed by atoms with Gasteiger partial charge in [-0.1, -0.05) is 32.6 Å². The fourth-order valence-corrected chi connectivity index (χ4v) is 5.08. The summed E-state index contributed by atoms with van der Waals surface area (Å²) in [4.78, 5) is 12.5. The van der Waals surface area contributed by atoms with Crippen LogP contribution in [0.1, 0.15) is 58.3 Å². The number of carbonyl (C=O) groups is 1. The van der Waals surface area contributed by atoms with Gasteiger partial charge in [-0.05, 0) is 37.5 Å². The zero-order valence-corrected chi connectivity index (χ0v) is 10.8. The third-order valence-corrected chi connectivity index (χ3v) is 5.81. The summed E-state index contributed by atoms with van der Waals surface area (Å²) in [5.41, 5.74) is -0.632.